The Labute approximate surface area is 116 Å². The van der Waals surface area contributed by atoms with Crippen LogP contribution >= 0.6 is 0 Å². The van der Waals surface area contributed by atoms with Gasteiger partial charge in [0.25, 0.3) is 0 Å². The molecule has 0 heterocycles. The van der Waals surface area contributed by atoms with Crippen molar-refractivity contribution >= 4 is 6.09 Å². The largest absolute Gasteiger partial charge is 0.415 e. The maximum absolute atomic E-state index is 11.9. The third-order valence-corrected chi connectivity index (χ3v) is 2.84. The van der Waals surface area contributed by atoms with Gasteiger partial charge in [-0.2, -0.15) is 0 Å². The number of hydrogen-bond acceptors (Lipinski definition) is 3. The maximum atomic E-state index is 11.9. The SMILES string of the molecule is CC(=C=COC(=O)N(C(C)C)C(C)C)[C@@H](O)C(C)C. The first-order valence-electron chi connectivity index (χ1n) is 6.77. The van der Waals surface area contributed by atoms with E-state index in [-0.39, 0.29) is 18.0 Å². The first kappa shape index (κ1) is 17.8. The van der Waals surface area contributed by atoms with E-state index in [9.17, 15) is 9.90 Å². The first-order valence-corrected chi connectivity index (χ1v) is 6.77. The summed E-state index contributed by atoms with van der Waals surface area (Å²) in [5.74, 6) is 0.111. The van der Waals surface area contributed by atoms with Crippen LogP contribution in [-0.2, 0) is 4.74 Å². The Hall–Kier alpha value is -1.25. The van der Waals surface area contributed by atoms with Gasteiger partial charge in [0.1, 0.15) is 6.26 Å². The number of nitrogens with zero attached hydrogens (tertiary/aromatic N) is 1. The molecule has 1 atom stereocenters. The molecule has 0 spiro atoms. The standard InChI is InChI=1S/C15H27NO3/c1-10(2)14(17)13(7)8-9-19-15(18)16(11(3)4)12(5)6/h9-12,14,17H,1-7H3/t8?,14-/m0/s1. The van der Waals surface area contributed by atoms with Crippen molar-refractivity contribution in [3.63, 3.8) is 0 Å². The van der Waals surface area contributed by atoms with Gasteiger partial charge >= 0.3 is 6.09 Å². The molecule has 0 aromatic carbocycles. The Kier molecular flexibility index (Phi) is 7.50. The number of aliphatic hydroxyl groups excluding tert-OH is 1. The smallest absolute Gasteiger partial charge is 0.410 e. The lowest BCUT2D eigenvalue weighted by Crippen LogP contribution is -2.41. The van der Waals surface area contributed by atoms with E-state index >= 15 is 0 Å². The molecule has 0 rings (SSSR count). The van der Waals surface area contributed by atoms with Crippen LogP contribution in [0.15, 0.2) is 17.6 Å². The van der Waals surface area contributed by atoms with E-state index in [1.54, 1.807) is 11.8 Å². The van der Waals surface area contributed by atoms with Gasteiger partial charge in [-0.1, -0.05) is 19.6 Å². The lowest BCUT2D eigenvalue weighted by Gasteiger charge is -2.28. The van der Waals surface area contributed by atoms with Crippen molar-refractivity contribution in [2.45, 2.75) is 66.7 Å². The number of carbonyl (C=O) groups excluding carboxylic acids is 1. The molecule has 0 aliphatic rings. The molecule has 0 bridgehead atoms. The van der Waals surface area contributed by atoms with Crippen LogP contribution in [0.1, 0.15) is 48.5 Å². The minimum absolute atomic E-state index is 0.0761. The highest BCUT2D eigenvalue weighted by molar-refractivity contribution is 5.68. The summed E-state index contributed by atoms with van der Waals surface area (Å²) in [5, 5.41) is 9.78. The molecule has 19 heavy (non-hydrogen) atoms. The molecule has 0 aliphatic carbocycles. The zero-order valence-electron chi connectivity index (χ0n) is 13.1. The van der Waals surface area contributed by atoms with E-state index < -0.39 is 12.2 Å². The fraction of sp³-hybridized carbons (Fsp3) is 0.733. The van der Waals surface area contributed by atoms with E-state index in [1.165, 1.54) is 6.26 Å². The first-order chi connectivity index (χ1) is 8.68. The summed E-state index contributed by atoms with van der Waals surface area (Å²) in [5.41, 5.74) is 3.46. The minimum Gasteiger partial charge on any atom is -0.410 e. The number of hydrogen-bond donors (Lipinski definition) is 1. The van der Waals surface area contributed by atoms with Crippen molar-refractivity contribution in [3.05, 3.63) is 17.6 Å². The lowest BCUT2D eigenvalue weighted by molar-refractivity contribution is 0.109. The van der Waals surface area contributed by atoms with Crippen molar-refractivity contribution in [3.8, 4) is 0 Å². The van der Waals surface area contributed by atoms with Gasteiger partial charge in [0.15, 0.2) is 0 Å². The molecule has 4 heteroatoms. The van der Waals surface area contributed by atoms with Gasteiger partial charge in [0.05, 0.1) is 6.10 Å². The minimum atomic E-state index is -0.568. The second kappa shape index (κ2) is 8.03. The molecule has 4 nitrogen and oxygen atoms in total. The predicted molar refractivity (Wildman–Crippen MR) is 76.7 cm³/mol. The van der Waals surface area contributed by atoms with Gasteiger partial charge < -0.3 is 14.7 Å². The highest BCUT2D eigenvalue weighted by Gasteiger charge is 2.20. The van der Waals surface area contributed by atoms with Crippen molar-refractivity contribution in [1.29, 1.82) is 0 Å². The molecule has 1 N–H and O–H groups in total. The number of carbonyl (C=O) groups is 1. The van der Waals surface area contributed by atoms with Gasteiger partial charge in [-0.15, -0.1) is 0 Å². The fourth-order valence-corrected chi connectivity index (χ4v) is 1.84. The number of rotatable bonds is 5. The number of ether oxygens (including phenoxy) is 1. The summed E-state index contributed by atoms with van der Waals surface area (Å²) in [6, 6.07) is 0.152. The third kappa shape index (κ3) is 5.95. The highest BCUT2D eigenvalue weighted by Crippen LogP contribution is 2.10. The quantitative estimate of drug-likeness (QED) is 0.615. The molecule has 1 amide bonds. The second-order valence-corrected chi connectivity index (χ2v) is 5.61. The maximum Gasteiger partial charge on any atom is 0.415 e. The normalized spacial score (nSPS) is 12.4. The topological polar surface area (TPSA) is 49.8 Å². The Bertz CT molecular complexity index is 344. The molecule has 0 aromatic heterocycles. The summed E-state index contributed by atoms with van der Waals surface area (Å²) in [7, 11) is 0. The van der Waals surface area contributed by atoms with E-state index in [4.69, 9.17) is 4.74 Å². The summed E-state index contributed by atoms with van der Waals surface area (Å²) >= 11 is 0. The number of aliphatic hydroxyl groups is 1. The van der Waals surface area contributed by atoms with Crippen LogP contribution in [0.3, 0.4) is 0 Å². The molecule has 0 aromatic rings. The Balaban J connectivity index is 4.71. The molecule has 0 fully saturated rings. The molecular formula is C15H27NO3. The van der Waals surface area contributed by atoms with Crippen molar-refractivity contribution in [2.75, 3.05) is 0 Å². The average Bonchev–Trinajstić information content (AvgIpc) is 2.26. The summed E-state index contributed by atoms with van der Waals surface area (Å²) < 4.78 is 5.05. The van der Waals surface area contributed by atoms with Crippen LogP contribution < -0.4 is 0 Å². The number of amides is 1. The van der Waals surface area contributed by atoms with Gasteiger partial charge in [-0.3, -0.25) is 0 Å². The zero-order valence-corrected chi connectivity index (χ0v) is 13.1. The van der Waals surface area contributed by atoms with Crippen molar-refractivity contribution in [2.24, 2.45) is 5.92 Å². The van der Waals surface area contributed by atoms with E-state index in [0.717, 1.165) is 0 Å². The monoisotopic (exact) mass is 269 g/mol. The van der Waals surface area contributed by atoms with Crippen molar-refractivity contribution < 1.29 is 14.6 Å². The van der Waals surface area contributed by atoms with Crippen LogP contribution in [0.2, 0.25) is 0 Å². The van der Waals surface area contributed by atoms with Gasteiger partial charge in [0, 0.05) is 17.7 Å². The average molecular weight is 269 g/mol. The van der Waals surface area contributed by atoms with Gasteiger partial charge in [0.2, 0.25) is 0 Å². The molecule has 0 aliphatic heterocycles. The van der Waals surface area contributed by atoms with E-state index in [1.807, 2.05) is 41.5 Å². The lowest BCUT2D eigenvalue weighted by atomic mass is 10.0. The van der Waals surface area contributed by atoms with Crippen LogP contribution in [0.5, 0.6) is 0 Å². The molecule has 110 valence electrons. The Morgan fingerprint density at radius 2 is 1.63 bits per heavy atom. The van der Waals surface area contributed by atoms with Gasteiger partial charge in [-0.05, 0) is 40.5 Å². The van der Waals surface area contributed by atoms with Crippen molar-refractivity contribution in [1.82, 2.24) is 4.90 Å². The second-order valence-electron chi connectivity index (χ2n) is 5.61. The van der Waals surface area contributed by atoms with Gasteiger partial charge in [-0.25, -0.2) is 4.79 Å². The molecular weight excluding hydrogens is 242 g/mol. The zero-order chi connectivity index (χ0) is 15.2. The Morgan fingerprint density at radius 3 is 2.00 bits per heavy atom. The Morgan fingerprint density at radius 1 is 1.16 bits per heavy atom. The van der Waals surface area contributed by atoms with Crippen LogP contribution in [0.4, 0.5) is 4.79 Å². The highest BCUT2D eigenvalue weighted by atomic mass is 16.5. The molecule has 0 radical (unpaired) electrons. The van der Waals surface area contributed by atoms with E-state index in [0.29, 0.717) is 5.57 Å². The fourth-order valence-electron chi connectivity index (χ4n) is 1.84. The third-order valence-electron chi connectivity index (χ3n) is 2.84. The summed E-state index contributed by atoms with van der Waals surface area (Å²) in [4.78, 5) is 13.5. The van der Waals surface area contributed by atoms with Crippen LogP contribution in [-0.4, -0.2) is 34.3 Å². The summed E-state index contributed by atoms with van der Waals surface area (Å²) in [6.45, 7) is 13.4. The molecule has 0 saturated heterocycles. The summed E-state index contributed by atoms with van der Waals surface area (Å²) in [6.07, 6.45) is 0.256. The molecule has 0 unspecified atom stereocenters. The molecule has 0 saturated carbocycles. The van der Waals surface area contributed by atoms with Crippen LogP contribution in [0.25, 0.3) is 0 Å². The predicted octanol–water partition coefficient (Wildman–Crippen LogP) is 3.32. The van der Waals surface area contributed by atoms with E-state index in [2.05, 4.69) is 5.73 Å². The van der Waals surface area contributed by atoms with Crippen LogP contribution in [0, 0.1) is 5.92 Å².